The largest absolute Gasteiger partial charge is 0.379 e. The van der Waals surface area contributed by atoms with Crippen LogP contribution in [0, 0.1) is 0 Å². The number of thiazole rings is 1. The molecule has 6 amide bonds. The molecular formula is C51H53N9O8S. The number of piperidine rings is 1. The van der Waals surface area contributed by atoms with E-state index in [4.69, 9.17) is 9.47 Å². The third-order valence-electron chi connectivity index (χ3n) is 13.5. The van der Waals surface area contributed by atoms with Gasteiger partial charge in [-0.15, -0.1) is 11.3 Å². The molecular weight excluding hydrogens is 899 g/mol. The number of aromatic nitrogens is 1. The van der Waals surface area contributed by atoms with Crippen molar-refractivity contribution in [3.63, 3.8) is 0 Å². The fraction of sp³-hybridized carbons (Fsp3) is 0.353. The smallest absolute Gasteiger partial charge is 0.264 e. The number of hydrogen-bond acceptors (Lipinski definition) is 14. The second-order valence-electron chi connectivity index (χ2n) is 17.8. The number of nitrogens with zero attached hydrogens (tertiary/aromatic N) is 6. The molecule has 17 nitrogen and oxygen atoms in total. The minimum absolute atomic E-state index is 0.0771. The Morgan fingerprint density at radius 2 is 1.51 bits per heavy atom. The number of fused-ring (bicyclic) bond motifs is 2. The van der Waals surface area contributed by atoms with Gasteiger partial charge in [-0.1, -0.05) is 60.7 Å². The number of amides is 6. The molecule has 2 atom stereocenters. The summed E-state index contributed by atoms with van der Waals surface area (Å²) in [6.07, 6.45) is 1.83. The quantitative estimate of drug-likeness (QED) is 0.0825. The van der Waals surface area contributed by atoms with E-state index in [1.165, 1.54) is 11.3 Å². The Morgan fingerprint density at radius 1 is 0.768 bits per heavy atom. The summed E-state index contributed by atoms with van der Waals surface area (Å²) >= 11 is 1.34. The van der Waals surface area contributed by atoms with Crippen molar-refractivity contribution in [2.75, 3.05) is 94.3 Å². The van der Waals surface area contributed by atoms with Gasteiger partial charge in [-0.3, -0.25) is 54.1 Å². The minimum atomic E-state index is -0.997. The highest BCUT2D eigenvalue weighted by molar-refractivity contribution is 7.13. The lowest BCUT2D eigenvalue weighted by atomic mass is 10.00. The minimum Gasteiger partial charge on any atom is -0.379 e. The Morgan fingerprint density at radius 3 is 2.23 bits per heavy atom. The molecule has 5 aliphatic rings. The van der Waals surface area contributed by atoms with Gasteiger partial charge in [0.2, 0.25) is 11.8 Å². The van der Waals surface area contributed by atoms with E-state index in [1.54, 1.807) is 34.7 Å². The van der Waals surface area contributed by atoms with Crippen molar-refractivity contribution < 1.29 is 38.2 Å². The number of ether oxygens (including phenoxy) is 2. The van der Waals surface area contributed by atoms with Gasteiger partial charge in [-0.25, -0.2) is 4.98 Å². The Hall–Kier alpha value is -6.83. The van der Waals surface area contributed by atoms with Crippen LogP contribution in [-0.4, -0.2) is 151 Å². The highest BCUT2D eigenvalue weighted by Crippen LogP contribution is 2.36. The van der Waals surface area contributed by atoms with E-state index in [1.807, 2.05) is 48.5 Å². The van der Waals surface area contributed by atoms with E-state index in [0.29, 0.717) is 49.4 Å². The molecule has 5 aromatic rings. The molecule has 3 saturated heterocycles. The lowest BCUT2D eigenvalue weighted by molar-refractivity contribution is -0.136. The molecule has 3 fully saturated rings. The molecule has 18 heteroatoms. The number of hydrogen-bond donors (Lipinski definition) is 3. The molecule has 4 aromatic carbocycles. The number of benzene rings is 4. The summed E-state index contributed by atoms with van der Waals surface area (Å²) < 4.78 is 11.8. The molecule has 6 heterocycles. The molecule has 69 heavy (non-hydrogen) atoms. The molecule has 5 aliphatic heterocycles. The van der Waals surface area contributed by atoms with Crippen molar-refractivity contribution in [1.29, 1.82) is 0 Å². The number of carbonyl (C=O) groups excluding carboxylic acids is 6. The van der Waals surface area contributed by atoms with E-state index < -0.39 is 35.7 Å². The zero-order valence-electron chi connectivity index (χ0n) is 38.0. The molecule has 0 bridgehead atoms. The van der Waals surface area contributed by atoms with Crippen LogP contribution in [0.25, 0.3) is 11.1 Å². The van der Waals surface area contributed by atoms with Gasteiger partial charge in [0.25, 0.3) is 23.6 Å². The number of imide groups is 2. The SMILES string of the molecule is O=C1CCC(N2C(=O)c3cccc(NC4CN(CCOCCOCCN5CCN(c6ccc(-c7ccc8c(c7)C(=O)N(C(C(=O)Nc7nccs7)c7ccccc7)C8)cc6)CC5)C4)c3C2=O)C(=O)N1. The Labute approximate surface area is 403 Å². The van der Waals surface area contributed by atoms with E-state index in [0.717, 1.165) is 85.2 Å². The number of carbonyl (C=O) groups is 6. The Balaban J connectivity index is 0.610. The Kier molecular flexibility index (Phi) is 13.6. The molecule has 0 aliphatic carbocycles. The van der Waals surface area contributed by atoms with Gasteiger partial charge in [0.05, 0.1) is 43.6 Å². The van der Waals surface area contributed by atoms with Gasteiger partial charge in [0.1, 0.15) is 12.1 Å². The van der Waals surface area contributed by atoms with Crippen LogP contribution in [0.5, 0.6) is 0 Å². The second kappa shape index (κ2) is 20.4. The van der Waals surface area contributed by atoms with Crippen LogP contribution in [0.1, 0.15) is 61.1 Å². The third kappa shape index (κ3) is 9.89. The molecule has 2 unspecified atom stereocenters. The van der Waals surface area contributed by atoms with E-state index >= 15 is 0 Å². The third-order valence-corrected chi connectivity index (χ3v) is 14.2. The fourth-order valence-electron chi connectivity index (χ4n) is 9.78. The van der Waals surface area contributed by atoms with Crippen molar-refractivity contribution in [2.45, 2.75) is 37.5 Å². The maximum atomic E-state index is 14.0. The molecule has 0 radical (unpaired) electrons. The lowest BCUT2D eigenvalue weighted by Crippen LogP contribution is -2.55. The van der Waals surface area contributed by atoms with Crippen LogP contribution in [-0.2, 0) is 30.4 Å². The summed E-state index contributed by atoms with van der Waals surface area (Å²) in [5.41, 5.74) is 6.47. The predicted molar refractivity (Wildman–Crippen MR) is 259 cm³/mol. The number of likely N-dealkylation sites (tertiary alicyclic amines) is 1. The van der Waals surface area contributed by atoms with Gasteiger partial charge >= 0.3 is 0 Å². The number of nitrogens with one attached hydrogen (secondary N) is 3. The van der Waals surface area contributed by atoms with Crippen LogP contribution in [0.2, 0.25) is 0 Å². The van der Waals surface area contributed by atoms with Gasteiger partial charge in [-0.2, -0.15) is 0 Å². The lowest BCUT2D eigenvalue weighted by Gasteiger charge is -2.40. The van der Waals surface area contributed by atoms with E-state index in [2.05, 4.69) is 59.9 Å². The van der Waals surface area contributed by atoms with Crippen LogP contribution >= 0.6 is 11.3 Å². The summed E-state index contributed by atoms with van der Waals surface area (Å²) in [4.78, 5) is 92.1. The first-order chi connectivity index (χ1) is 33.7. The fourth-order valence-corrected chi connectivity index (χ4v) is 10.3. The van der Waals surface area contributed by atoms with Gasteiger partial charge < -0.3 is 24.6 Å². The topological polar surface area (TPSA) is 186 Å². The maximum Gasteiger partial charge on any atom is 0.264 e. The standard InChI is InChI=1S/C51H53N9O8S/c61-43-16-15-42(46(62)54-43)60-49(65)39-7-4-8-41(44(39)50(60)66)53-37-31-57(32-37)23-25-68-27-26-67-24-22-56-18-20-58(21-19-56)38-13-11-33(12-14-38)35-9-10-36-30-59(48(64)40(36)29-35)45(34-5-2-1-3-6-34)47(63)55-51-52-17-28-69-51/h1-14,17,28-29,37,42,45,53H,15-16,18-27,30-32H2,(H,52,55,63)(H,54,61,62). The molecule has 356 valence electrons. The molecule has 0 spiro atoms. The number of anilines is 3. The highest BCUT2D eigenvalue weighted by atomic mass is 32.1. The first kappa shape index (κ1) is 45.9. The van der Waals surface area contributed by atoms with Gasteiger partial charge in [0, 0.05) is 93.8 Å². The molecule has 10 rings (SSSR count). The van der Waals surface area contributed by atoms with E-state index in [-0.39, 0.29) is 41.8 Å². The highest BCUT2D eigenvalue weighted by Gasteiger charge is 2.46. The van der Waals surface area contributed by atoms with Crippen molar-refractivity contribution in [3.05, 3.63) is 130 Å². The van der Waals surface area contributed by atoms with Crippen LogP contribution in [0.3, 0.4) is 0 Å². The van der Waals surface area contributed by atoms with Crippen LogP contribution < -0.4 is 20.9 Å². The number of piperazine rings is 1. The average Bonchev–Trinajstić information content (AvgIpc) is 4.05. The monoisotopic (exact) mass is 951 g/mol. The summed E-state index contributed by atoms with van der Waals surface area (Å²) in [5, 5.41) is 10.8. The van der Waals surface area contributed by atoms with Gasteiger partial charge in [0.15, 0.2) is 5.13 Å². The predicted octanol–water partition coefficient (Wildman–Crippen LogP) is 4.50. The second-order valence-corrected chi connectivity index (χ2v) is 18.7. The zero-order chi connectivity index (χ0) is 47.4. The van der Waals surface area contributed by atoms with Crippen LogP contribution in [0.15, 0.2) is 103 Å². The summed E-state index contributed by atoms with van der Waals surface area (Å²) in [6, 6.07) is 27.3. The Bertz CT molecular complexity index is 2720. The molecule has 0 saturated carbocycles. The molecule has 1 aromatic heterocycles. The van der Waals surface area contributed by atoms with Gasteiger partial charge in [-0.05, 0) is 59.0 Å². The zero-order valence-corrected chi connectivity index (χ0v) is 38.8. The average molecular weight is 952 g/mol. The summed E-state index contributed by atoms with van der Waals surface area (Å²) in [7, 11) is 0. The van der Waals surface area contributed by atoms with Crippen molar-refractivity contribution >= 4 is 63.3 Å². The van der Waals surface area contributed by atoms with Crippen molar-refractivity contribution in [3.8, 4) is 11.1 Å². The van der Waals surface area contributed by atoms with Crippen molar-refractivity contribution in [2.24, 2.45) is 0 Å². The normalized spacial score (nSPS) is 19.1. The maximum absolute atomic E-state index is 14.0. The summed E-state index contributed by atoms with van der Waals surface area (Å²) in [6.45, 7) is 9.40. The summed E-state index contributed by atoms with van der Waals surface area (Å²) in [5.74, 6) is -2.53. The van der Waals surface area contributed by atoms with Crippen LogP contribution in [0.4, 0.5) is 16.5 Å². The van der Waals surface area contributed by atoms with E-state index in [9.17, 15) is 28.8 Å². The first-order valence-corrected chi connectivity index (χ1v) is 24.3. The number of rotatable bonds is 18. The van der Waals surface area contributed by atoms with Crippen molar-refractivity contribution in [1.82, 2.24) is 29.9 Å². The molecule has 3 N–H and O–H groups in total. The first-order valence-electron chi connectivity index (χ1n) is 23.4.